The molecule has 182 valence electrons. The predicted octanol–water partition coefficient (Wildman–Crippen LogP) is 4.22. The van der Waals surface area contributed by atoms with Crippen molar-refractivity contribution in [1.82, 2.24) is 14.8 Å². The third-order valence-electron chi connectivity index (χ3n) is 7.12. The summed E-state index contributed by atoms with van der Waals surface area (Å²) in [7, 11) is 0. The lowest BCUT2D eigenvalue weighted by Gasteiger charge is -2.39. The molecule has 0 spiro atoms. The molecule has 6 heteroatoms. The molecule has 2 fully saturated rings. The maximum atomic E-state index is 13.0. The van der Waals surface area contributed by atoms with Crippen LogP contribution in [0.15, 0.2) is 79.0 Å². The Labute approximate surface area is 208 Å². The molecule has 3 aromatic rings. The molecule has 1 amide bonds. The van der Waals surface area contributed by atoms with Crippen LogP contribution in [0.3, 0.4) is 0 Å². The molecule has 1 aromatic heterocycles. The topological polar surface area (TPSA) is 51.7 Å². The van der Waals surface area contributed by atoms with Gasteiger partial charge < -0.3 is 10.2 Å². The van der Waals surface area contributed by atoms with Gasteiger partial charge in [0.05, 0.1) is 6.54 Å². The van der Waals surface area contributed by atoms with Crippen LogP contribution in [0, 0.1) is 5.92 Å². The van der Waals surface area contributed by atoms with E-state index in [4.69, 9.17) is 0 Å². The van der Waals surface area contributed by atoms with E-state index in [1.807, 2.05) is 48.7 Å². The van der Waals surface area contributed by atoms with Crippen molar-refractivity contribution in [2.75, 3.05) is 62.6 Å². The van der Waals surface area contributed by atoms with E-state index in [2.05, 4.69) is 55.3 Å². The number of likely N-dealkylation sites (tertiary alicyclic amines) is 1. The van der Waals surface area contributed by atoms with Gasteiger partial charge in [-0.3, -0.25) is 14.6 Å². The Hall–Kier alpha value is -3.22. The highest BCUT2D eigenvalue weighted by molar-refractivity contribution is 5.96. The van der Waals surface area contributed by atoms with Crippen molar-refractivity contribution in [3.63, 3.8) is 0 Å². The summed E-state index contributed by atoms with van der Waals surface area (Å²) < 4.78 is 0. The van der Waals surface area contributed by atoms with Gasteiger partial charge in [0, 0.05) is 56.7 Å². The van der Waals surface area contributed by atoms with Gasteiger partial charge in [0.1, 0.15) is 5.82 Å². The zero-order chi connectivity index (χ0) is 23.9. The largest absolute Gasteiger partial charge is 0.354 e. The lowest BCUT2D eigenvalue weighted by atomic mass is 9.97. The van der Waals surface area contributed by atoms with Gasteiger partial charge in [-0.2, -0.15) is 0 Å². The summed E-state index contributed by atoms with van der Waals surface area (Å²) in [6.07, 6.45) is 4.27. The van der Waals surface area contributed by atoms with E-state index < -0.39 is 0 Å². The van der Waals surface area contributed by atoms with E-state index in [9.17, 15) is 4.79 Å². The van der Waals surface area contributed by atoms with Gasteiger partial charge in [-0.1, -0.05) is 54.6 Å². The van der Waals surface area contributed by atoms with Crippen molar-refractivity contribution < 1.29 is 4.79 Å². The Morgan fingerprint density at radius 3 is 2.43 bits per heavy atom. The fourth-order valence-corrected chi connectivity index (χ4v) is 5.36. The SMILES string of the molecule is O=C(CN1CCC[C@@H](CN2CCN(c3ccccn3)CC2)C1)Nc1ccccc1-c1ccccc1. The number of nitrogens with zero attached hydrogens (tertiary/aromatic N) is 4. The third-order valence-corrected chi connectivity index (χ3v) is 7.12. The van der Waals surface area contributed by atoms with Gasteiger partial charge in [0.25, 0.3) is 0 Å². The van der Waals surface area contributed by atoms with E-state index in [-0.39, 0.29) is 5.91 Å². The summed E-state index contributed by atoms with van der Waals surface area (Å²) >= 11 is 0. The van der Waals surface area contributed by atoms with Crippen LogP contribution in [-0.4, -0.2) is 73.0 Å². The molecule has 0 radical (unpaired) electrons. The number of amides is 1. The van der Waals surface area contributed by atoms with Crippen LogP contribution in [0.1, 0.15) is 12.8 Å². The smallest absolute Gasteiger partial charge is 0.238 e. The summed E-state index contributed by atoms with van der Waals surface area (Å²) in [6, 6.07) is 24.4. The first-order valence-electron chi connectivity index (χ1n) is 12.8. The molecule has 35 heavy (non-hydrogen) atoms. The Morgan fingerprint density at radius 1 is 0.857 bits per heavy atom. The van der Waals surface area contributed by atoms with E-state index in [0.717, 1.165) is 74.9 Å². The van der Waals surface area contributed by atoms with Gasteiger partial charge in [0.15, 0.2) is 0 Å². The molecule has 0 aliphatic carbocycles. The number of benzene rings is 2. The molecule has 5 rings (SSSR count). The highest BCUT2D eigenvalue weighted by Crippen LogP contribution is 2.27. The summed E-state index contributed by atoms with van der Waals surface area (Å²) in [4.78, 5) is 24.7. The summed E-state index contributed by atoms with van der Waals surface area (Å²) in [5.74, 6) is 1.77. The zero-order valence-electron chi connectivity index (χ0n) is 20.4. The molecule has 2 aliphatic rings. The van der Waals surface area contributed by atoms with Crippen molar-refractivity contribution in [2.24, 2.45) is 5.92 Å². The minimum Gasteiger partial charge on any atom is -0.354 e. The van der Waals surface area contributed by atoms with Crippen LogP contribution < -0.4 is 10.2 Å². The Balaban J connectivity index is 1.11. The predicted molar refractivity (Wildman–Crippen MR) is 143 cm³/mol. The first-order chi connectivity index (χ1) is 17.2. The standard InChI is InChI=1S/C29H35N5O/c35-29(31-27-13-5-4-12-26(27)25-10-2-1-3-11-25)23-33-16-8-9-24(22-33)21-32-17-19-34(20-18-32)28-14-6-7-15-30-28/h1-7,10-15,24H,8-9,16-23H2,(H,31,35)/t24-/m0/s1. The second kappa shape index (κ2) is 11.5. The molecule has 2 aromatic carbocycles. The number of rotatable bonds is 7. The Kier molecular flexibility index (Phi) is 7.71. The number of carbonyl (C=O) groups is 1. The fourth-order valence-electron chi connectivity index (χ4n) is 5.36. The second-order valence-electron chi connectivity index (χ2n) is 9.68. The first-order valence-corrected chi connectivity index (χ1v) is 12.8. The van der Waals surface area contributed by atoms with Crippen LogP contribution in [0.4, 0.5) is 11.5 Å². The quantitative estimate of drug-likeness (QED) is 0.562. The lowest BCUT2D eigenvalue weighted by molar-refractivity contribution is -0.117. The summed E-state index contributed by atoms with van der Waals surface area (Å²) in [6.45, 7) is 7.75. The Morgan fingerprint density at radius 2 is 1.63 bits per heavy atom. The van der Waals surface area contributed by atoms with Crippen LogP contribution >= 0.6 is 0 Å². The molecular formula is C29H35N5O. The summed E-state index contributed by atoms with van der Waals surface area (Å²) in [5, 5.41) is 3.17. The lowest BCUT2D eigenvalue weighted by Crippen LogP contribution is -2.50. The number of nitrogens with one attached hydrogen (secondary N) is 1. The number of hydrogen-bond donors (Lipinski definition) is 1. The minimum absolute atomic E-state index is 0.0676. The number of hydrogen-bond acceptors (Lipinski definition) is 5. The average Bonchev–Trinajstić information content (AvgIpc) is 2.91. The van der Waals surface area contributed by atoms with Gasteiger partial charge in [-0.25, -0.2) is 4.98 Å². The van der Waals surface area contributed by atoms with Gasteiger partial charge in [-0.15, -0.1) is 0 Å². The number of pyridine rings is 1. The van der Waals surface area contributed by atoms with E-state index >= 15 is 0 Å². The maximum Gasteiger partial charge on any atom is 0.238 e. The molecule has 3 heterocycles. The number of piperazine rings is 1. The van der Waals surface area contributed by atoms with Crippen molar-refractivity contribution in [2.45, 2.75) is 12.8 Å². The zero-order valence-corrected chi connectivity index (χ0v) is 20.4. The molecule has 2 aliphatic heterocycles. The van der Waals surface area contributed by atoms with Gasteiger partial charge in [0.2, 0.25) is 5.91 Å². The van der Waals surface area contributed by atoms with Crippen molar-refractivity contribution in [3.05, 3.63) is 79.0 Å². The van der Waals surface area contributed by atoms with E-state index in [1.54, 1.807) is 0 Å². The molecule has 0 bridgehead atoms. The number of carbonyl (C=O) groups excluding carboxylic acids is 1. The highest BCUT2D eigenvalue weighted by Gasteiger charge is 2.26. The monoisotopic (exact) mass is 469 g/mol. The van der Waals surface area contributed by atoms with Crippen molar-refractivity contribution in [1.29, 1.82) is 0 Å². The van der Waals surface area contributed by atoms with Crippen LogP contribution in [-0.2, 0) is 4.79 Å². The fraction of sp³-hybridized carbons (Fsp3) is 0.379. The summed E-state index contributed by atoms with van der Waals surface area (Å²) in [5.41, 5.74) is 3.05. The van der Waals surface area contributed by atoms with Crippen LogP contribution in [0.2, 0.25) is 0 Å². The second-order valence-corrected chi connectivity index (χ2v) is 9.68. The van der Waals surface area contributed by atoms with Gasteiger partial charge in [-0.05, 0) is 49.1 Å². The normalized spacial score (nSPS) is 19.4. The van der Waals surface area contributed by atoms with Crippen molar-refractivity contribution >= 4 is 17.4 Å². The first kappa shape index (κ1) is 23.5. The molecule has 0 unspecified atom stereocenters. The number of aromatic nitrogens is 1. The molecule has 1 N–H and O–H groups in total. The molecule has 2 saturated heterocycles. The maximum absolute atomic E-state index is 13.0. The highest BCUT2D eigenvalue weighted by atomic mass is 16.2. The van der Waals surface area contributed by atoms with E-state index in [0.29, 0.717) is 12.5 Å². The molecule has 1 atom stereocenters. The molecule has 0 saturated carbocycles. The van der Waals surface area contributed by atoms with Crippen molar-refractivity contribution in [3.8, 4) is 11.1 Å². The van der Waals surface area contributed by atoms with Crippen LogP contribution in [0.5, 0.6) is 0 Å². The minimum atomic E-state index is 0.0676. The average molecular weight is 470 g/mol. The third kappa shape index (κ3) is 6.27. The molecule has 6 nitrogen and oxygen atoms in total. The number of anilines is 2. The van der Waals surface area contributed by atoms with Gasteiger partial charge >= 0.3 is 0 Å². The van der Waals surface area contributed by atoms with E-state index in [1.165, 1.54) is 6.42 Å². The van der Waals surface area contributed by atoms with Crippen LogP contribution in [0.25, 0.3) is 11.1 Å². The number of para-hydroxylation sites is 1. The molecular weight excluding hydrogens is 434 g/mol. The number of piperidine rings is 1. The Bertz CT molecular complexity index is 1080.